The Hall–Kier alpha value is -8.72. The first-order valence-electron chi connectivity index (χ1n) is 23.3. The summed E-state index contributed by atoms with van der Waals surface area (Å²) >= 11 is 0. The number of rotatable bonds is 6. The first kappa shape index (κ1) is 37.6. The minimum absolute atomic E-state index is 0.482. The van der Waals surface area contributed by atoms with E-state index in [9.17, 15) is 0 Å². The fraction of sp³-hybridized carbons (Fsp3) is 0.0154. The summed E-state index contributed by atoms with van der Waals surface area (Å²) in [5.74, 6) is 0. The fourth-order valence-electron chi connectivity index (χ4n) is 11.8. The summed E-state index contributed by atoms with van der Waals surface area (Å²) in [7, 11) is 0. The number of nitrogens with zero attached hydrogens (tertiary/aromatic N) is 2. The van der Waals surface area contributed by atoms with Gasteiger partial charge in [-0.25, -0.2) is 0 Å². The van der Waals surface area contributed by atoms with E-state index < -0.39 is 5.41 Å². The molecule has 2 aliphatic rings. The fourth-order valence-corrected chi connectivity index (χ4v) is 11.8. The molecule has 0 bridgehead atoms. The molecule has 67 heavy (non-hydrogen) atoms. The second-order valence-electron chi connectivity index (χ2n) is 18.0. The van der Waals surface area contributed by atoms with Gasteiger partial charge >= 0.3 is 0 Å². The SMILES string of the molecule is c1ccc(-c2cccc(-c3c(N(c4ccc5c(c4)C4(c6ccccc6-c6ccccc64)c4ccccc4-5)c4ccc5ccccc5c4)ccc4c3c3ccccc3n4-c3ccccc3)c2)cc1. The Morgan fingerprint density at radius 1 is 0.328 bits per heavy atom. The molecule has 12 aromatic rings. The molecule has 312 valence electrons. The summed E-state index contributed by atoms with van der Waals surface area (Å²) in [5.41, 5.74) is 21.5. The van der Waals surface area contributed by atoms with Crippen LogP contribution in [0.1, 0.15) is 22.3 Å². The highest BCUT2D eigenvalue weighted by Crippen LogP contribution is 2.63. The quantitative estimate of drug-likeness (QED) is 0.162. The molecule has 0 aliphatic heterocycles. The molecule has 1 aromatic heterocycles. The zero-order valence-electron chi connectivity index (χ0n) is 36.6. The summed E-state index contributed by atoms with van der Waals surface area (Å²) < 4.78 is 2.44. The molecule has 1 spiro atoms. The average Bonchev–Trinajstić information content (AvgIpc) is 4.01. The van der Waals surface area contributed by atoms with Gasteiger partial charge in [0.05, 0.1) is 22.1 Å². The largest absolute Gasteiger partial charge is 0.310 e. The van der Waals surface area contributed by atoms with Gasteiger partial charge in [-0.3, -0.25) is 0 Å². The normalized spacial score (nSPS) is 12.9. The monoisotopic (exact) mass is 850 g/mol. The minimum Gasteiger partial charge on any atom is -0.310 e. The van der Waals surface area contributed by atoms with Gasteiger partial charge in [-0.2, -0.15) is 0 Å². The van der Waals surface area contributed by atoms with Gasteiger partial charge in [0.15, 0.2) is 0 Å². The van der Waals surface area contributed by atoms with Gasteiger partial charge in [-0.15, -0.1) is 0 Å². The first-order valence-corrected chi connectivity index (χ1v) is 23.3. The Balaban J connectivity index is 1.11. The summed E-state index contributed by atoms with van der Waals surface area (Å²) in [5, 5.41) is 4.84. The van der Waals surface area contributed by atoms with Gasteiger partial charge in [0, 0.05) is 33.4 Å². The number of hydrogen-bond acceptors (Lipinski definition) is 1. The van der Waals surface area contributed by atoms with Crippen LogP contribution in [0, 0.1) is 0 Å². The molecular formula is C65H42N2. The second kappa shape index (κ2) is 14.7. The van der Waals surface area contributed by atoms with Crippen molar-refractivity contribution in [3.63, 3.8) is 0 Å². The molecule has 1 heterocycles. The Morgan fingerprint density at radius 3 is 1.61 bits per heavy atom. The predicted octanol–water partition coefficient (Wildman–Crippen LogP) is 17.1. The van der Waals surface area contributed by atoms with Gasteiger partial charge in [-0.1, -0.05) is 194 Å². The zero-order valence-corrected chi connectivity index (χ0v) is 36.6. The van der Waals surface area contributed by atoms with Crippen LogP contribution in [-0.4, -0.2) is 4.57 Å². The molecule has 0 N–H and O–H groups in total. The van der Waals surface area contributed by atoms with Gasteiger partial charge in [-0.05, 0) is 133 Å². The summed E-state index contributed by atoms with van der Waals surface area (Å²) in [6, 6.07) is 94.6. The lowest BCUT2D eigenvalue weighted by Crippen LogP contribution is -2.26. The Labute approximate surface area is 389 Å². The summed E-state index contributed by atoms with van der Waals surface area (Å²) in [4.78, 5) is 2.54. The maximum Gasteiger partial charge on any atom is 0.0726 e. The van der Waals surface area contributed by atoms with E-state index in [1.54, 1.807) is 0 Å². The predicted molar refractivity (Wildman–Crippen MR) is 280 cm³/mol. The van der Waals surface area contributed by atoms with E-state index in [1.807, 2.05) is 0 Å². The van der Waals surface area contributed by atoms with E-state index in [-0.39, 0.29) is 0 Å². The zero-order chi connectivity index (χ0) is 44.1. The lowest BCUT2D eigenvalue weighted by molar-refractivity contribution is 0.793. The Morgan fingerprint density at radius 2 is 0.881 bits per heavy atom. The van der Waals surface area contributed by atoms with Crippen LogP contribution in [-0.2, 0) is 5.41 Å². The van der Waals surface area contributed by atoms with Gasteiger partial charge in [0.2, 0.25) is 0 Å². The van der Waals surface area contributed by atoms with Crippen LogP contribution >= 0.6 is 0 Å². The first-order chi connectivity index (χ1) is 33.3. The third-order valence-electron chi connectivity index (χ3n) is 14.6. The molecule has 2 aliphatic carbocycles. The number of anilines is 3. The molecule has 0 fully saturated rings. The van der Waals surface area contributed by atoms with Crippen LogP contribution in [0.4, 0.5) is 17.1 Å². The highest BCUT2D eigenvalue weighted by Gasteiger charge is 2.51. The third-order valence-corrected chi connectivity index (χ3v) is 14.6. The van der Waals surface area contributed by atoms with Gasteiger partial charge < -0.3 is 9.47 Å². The van der Waals surface area contributed by atoms with Crippen molar-refractivity contribution in [3.8, 4) is 50.2 Å². The number of benzene rings is 11. The molecular weight excluding hydrogens is 809 g/mol. The van der Waals surface area contributed by atoms with Crippen LogP contribution in [0.15, 0.2) is 255 Å². The maximum atomic E-state index is 2.54. The maximum absolute atomic E-state index is 2.54. The summed E-state index contributed by atoms with van der Waals surface area (Å²) in [6.45, 7) is 0. The molecule has 0 atom stereocenters. The van der Waals surface area contributed by atoms with Crippen LogP contribution in [0.2, 0.25) is 0 Å². The molecule has 0 amide bonds. The number of fused-ring (bicyclic) bond motifs is 14. The Bertz CT molecular complexity index is 3870. The number of para-hydroxylation sites is 2. The van der Waals surface area contributed by atoms with Gasteiger partial charge in [0.1, 0.15) is 0 Å². The number of aromatic nitrogens is 1. The van der Waals surface area contributed by atoms with Crippen molar-refractivity contribution in [1.29, 1.82) is 0 Å². The topological polar surface area (TPSA) is 8.17 Å². The van der Waals surface area contributed by atoms with Crippen LogP contribution in [0.5, 0.6) is 0 Å². The third kappa shape index (κ3) is 5.45. The van der Waals surface area contributed by atoms with Crippen molar-refractivity contribution < 1.29 is 0 Å². The van der Waals surface area contributed by atoms with Crippen molar-refractivity contribution >= 4 is 49.6 Å². The smallest absolute Gasteiger partial charge is 0.0726 e. The molecule has 0 saturated carbocycles. The van der Waals surface area contributed by atoms with E-state index in [1.165, 1.54) is 88.3 Å². The van der Waals surface area contributed by atoms with E-state index in [4.69, 9.17) is 0 Å². The van der Waals surface area contributed by atoms with E-state index >= 15 is 0 Å². The molecule has 14 rings (SSSR count). The number of hydrogen-bond donors (Lipinski definition) is 0. The van der Waals surface area contributed by atoms with E-state index in [2.05, 4.69) is 264 Å². The van der Waals surface area contributed by atoms with Crippen LogP contribution in [0.3, 0.4) is 0 Å². The highest BCUT2D eigenvalue weighted by molar-refractivity contribution is 6.19. The molecule has 0 radical (unpaired) electrons. The van der Waals surface area contributed by atoms with Crippen LogP contribution in [0.25, 0.3) is 82.8 Å². The van der Waals surface area contributed by atoms with E-state index in [0.717, 1.165) is 33.8 Å². The standard InChI is InChI=1S/C65H42N2/c1-3-18-43(19-4-1)45-22-17-23-47(40-45)63-61(38-39-62-64(63)55-29-12-16-33-60(55)67(62)48-24-5-2-6-25-48)66(49-35-34-44-20-7-8-21-46(44)41-49)50-36-37-54-53-28-11-15-32-58(53)65(59(54)42-50)56-30-13-9-26-51(56)52-27-10-14-31-57(52)65/h1-42H. The molecule has 2 nitrogen and oxygen atoms in total. The minimum atomic E-state index is -0.482. The molecule has 11 aromatic carbocycles. The molecule has 0 unspecified atom stereocenters. The van der Waals surface area contributed by atoms with E-state index in [0.29, 0.717) is 0 Å². The lowest BCUT2D eigenvalue weighted by atomic mass is 9.70. The van der Waals surface area contributed by atoms with Crippen LogP contribution < -0.4 is 4.90 Å². The average molecular weight is 851 g/mol. The van der Waals surface area contributed by atoms with Gasteiger partial charge in [0.25, 0.3) is 0 Å². The Kier molecular flexibility index (Phi) is 8.23. The summed E-state index contributed by atoms with van der Waals surface area (Å²) in [6.07, 6.45) is 0. The van der Waals surface area contributed by atoms with Crippen molar-refractivity contribution in [2.75, 3.05) is 4.90 Å². The van der Waals surface area contributed by atoms with Crippen molar-refractivity contribution in [3.05, 3.63) is 277 Å². The van der Waals surface area contributed by atoms with Crippen molar-refractivity contribution in [2.45, 2.75) is 5.41 Å². The second-order valence-corrected chi connectivity index (χ2v) is 18.0. The van der Waals surface area contributed by atoms with Crippen molar-refractivity contribution in [2.24, 2.45) is 0 Å². The highest BCUT2D eigenvalue weighted by atomic mass is 15.1. The molecule has 2 heteroatoms. The van der Waals surface area contributed by atoms with Crippen molar-refractivity contribution in [1.82, 2.24) is 4.57 Å². The molecule has 0 saturated heterocycles. The lowest BCUT2D eigenvalue weighted by Gasteiger charge is -2.33.